The zero-order valence-electron chi connectivity index (χ0n) is 16.0. The van der Waals surface area contributed by atoms with Crippen LogP contribution in [0.2, 0.25) is 0 Å². The Labute approximate surface area is 166 Å². The molecule has 148 valence electrons. The van der Waals surface area contributed by atoms with Crippen LogP contribution < -0.4 is 9.73 Å². The van der Waals surface area contributed by atoms with Crippen molar-refractivity contribution < 1.29 is 13.2 Å². The predicted molar refractivity (Wildman–Crippen MR) is 111 cm³/mol. The molecule has 2 aromatic rings. The summed E-state index contributed by atoms with van der Waals surface area (Å²) in [5.41, 5.74) is 4.89. The van der Waals surface area contributed by atoms with Crippen LogP contribution in [0.3, 0.4) is 0 Å². The lowest BCUT2D eigenvalue weighted by atomic mass is 9.99. The summed E-state index contributed by atoms with van der Waals surface area (Å²) in [6, 6.07) is 15.2. The Hall–Kier alpha value is -2.67. The Morgan fingerprint density at radius 2 is 1.64 bits per heavy atom. The number of anilines is 1. The van der Waals surface area contributed by atoms with E-state index >= 15 is 0 Å². The number of nitrogens with zero attached hydrogens (tertiary/aromatic N) is 2. The molecule has 0 aliphatic heterocycles. The van der Waals surface area contributed by atoms with Crippen LogP contribution in [-0.4, -0.2) is 26.6 Å². The van der Waals surface area contributed by atoms with Gasteiger partial charge in [0, 0.05) is 5.71 Å². The molecule has 0 saturated heterocycles. The molecule has 3 rings (SSSR count). The molecule has 0 radical (unpaired) electrons. The van der Waals surface area contributed by atoms with Crippen molar-refractivity contribution >= 4 is 27.3 Å². The molecule has 0 aromatic heterocycles. The van der Waals surface area contributed by atoms with Gasteiger partial charge in [-0.05, 0) is 56.9 Å². The number of nitrogens with one attached hydrogen (secondary N) is 1. The summed E-state index contributed by atoms with van der Waals surface area (Å²) in [7, 11) is -3.89. The molecule has 0 bridgehead atoms. The number of hydrogen-bond donors (Lipinski definition) is 1. The number of carbonyl (C=O) groups excluding carboxylic acids is 1. The van der Waals surface area contributed by atoms with E-state index in [-0.39, 0.29) is 11.4 Å². The standard InChI is InChI=1S/C21H25N3O3S/c1-17-12-14-20(15-13-17)28(26,27)24(19-10-6-3-7-11-19)16-21(25)23-22-18-8-4-2-5-9-18/h3,6-7,10-15H,2,4-5,8-9,16H2,1H3,(H,23,25). The second-order valence-corrected chi connectivity index (χ2v) is 8.80. The van der Waals surface area contributed by atoms with Gasteiger partial charge in [0.1, 0.15) is 6.54 Å². The smallest absolute Gasteiger partial charge is 0.264 e. The number of hydrogen-bond acceptors (Lipinski definition) is 4. The van der Waals surface area contributed by atoms with E-state index in [1.54, 1.807) is 54.6 Å². The monoisotopic (exact) mass is 399 g/mol. The molecule has 0 unspecified atom stereocenters. The van der Waals surface area contributed by atoms with Crippen LogP contribution in [0, 0.1) is 6.92 Å². The van der Waals surface area contributed by atoms with Crippen molar-refractivity contribution in [2.45, 2.75) is 43.9 Å². The van der Waals surface area contributed by atoms with Gasteiger partial charge in [0.15, 0.2) is 0 Å². The lowest BCUT2D eigenvalue weighted by molar-refractivity contribution is -0.119. The number of rotatable bonds is 6. The highest BCUT2D eigenvalue weighted by atomic mass is 32.2. The van der Waals surface area contributed by atoms with E-state index in [0.29, 0.717) is 5.69 Å². The van der Waals surface area contributed by atoms with E-state index in [1.165, 1.54) is 6.42 Å². The minimum absolute atomic E-state index is 0.147. The molecule has 0 atom stereocenters. The summed E-state index contributed by atoms with van der Waals surface area (Å²) in [5, 5.41) is 4.19. The highest BCUT2D eigenvalue weighted by molar-refractivity contribution is 7.92. The molecule has 0 spiro atoms. The zero-order chi connectivity index (χ0) is 20.0. The Morgan fingerprint density at radius 1 is 1.00 bits per heavy atom. The first kappa shape index (κ1) is 20.1. The third-order valence-corrected chi connectivity index (χ3v) is 6.50. The Bertz CT molecular complexity index is 931. The van der Waals surface area contributed by atoms with Crippen LogP contribution in [0.25, 0.3) is 0 Å². The van der Waals surface area contributed by atoms with Gasteiger partial charge < -0.3 is 0 Å². The second kappa shape index (κ2) is 9.01. The van der Waals surface area contributed by atoms with Crippen molar-refractivity contribution in [1.29, 1.82) is 0 Å². The fraction of sp³-hybridized carbons (Fsp3) is 0.333. The third-order valence-electron chi connectivity index (χ3n) is 4.71. The molecule has 6 nitrogen and oxygen atoms in total. The highest BCUT2D eigenvalue weighted by Crippen LogP contribution is 2.23. The van der Waals surface area contributed by atoms with Gasteiger partial charge in [-0.15, -0.1) is 0 Å². The number of carbonyl (C=O) groups is 1. The Kier molecular flexibility index (Phi) is 6.46. The average Bonchev–Trinajstić information content (AvgIpc) is 2.72. The quantitative estimate of drug-likeness (QED) is 0.754. The molecule has 0 heterocycles. The van der Waals surface area contributed by atoms with Gasteiger partial charge >= 0.3 is 0 Å². The fourth-order valence-corrected chi connectivity index (χ4v) is 4.55. The molecule has 28 heavy (non-hydrogen) atoms. The molecule has 1 saturated carbocycles. The van der Waals surface area contributed by atoms with Crippen molar-refractivity contribution in [3.63, 3.8) is 0 Å². The number of benzene rings is 2. The normalized spacial score (nSPS) is 14.4. The van der Waals surface area contributed by atoms with E-state index in [0.717, 1.165) is 41.3 Å². The maximum Gasteiger partial charge on any atom is 0.264 e. The van der Waals surface area contributed by atoms with E-state index in [2.05, 4.69) is 10.5 Å². The SMILES string of the molecule is Cc1ccc(S(=O)(=O)N(CC(=O)NN=C2CCCCC2)c2ccccc2)cc1. The van der Waals surface area contributed by atoms with Crippen LogP contribution in [0.4, 0.5) is 5.69 Å². The van der Waals surface area contributed by atoms with Crippen LogP contribution in [0.5, 0.6) is 0 Å². The Morgan fingerprint density at radius 3 is 2.29 bits per heavy atom. The summed E-state index contributed by atoms with van der Waals surface area (Å²) < 4.78 is 27.5. The molecule has 2 aromatic carbocycles. The maximum atomic E-state index is 13.2. The van der Waals surface area contributed by atoms with Gasteiger partial charge in [-0.1, -0.05) is 42.3 Å². The van der Waals surface area contributed by atoms with Crippen molar-refractivity contribution in [3.8, 4) is 0 Å². The van der Waals surface area contributed by atoms with Crippen molar-refractivity contribution in [1.82, 2.24) is 5.43 Å². The van der Waals surface area contributed by atoms with Crippen LogP contribution in [-0.2, 0) is 14.8 Å². The summed E-state index contributed by atoms with van der Waals surface area (Å²) in [6.07, 6.45) is 5.09. The largest absolute Gasteiger partial charge is 0.271 e. The number of para-hydroxylation sites is 1. The summed E-state index contributed by atoms with van der Waals surface area (Å²) in [5.74, 6) is -0.461. The number of sulfonamides is 1. The van der Waals surface area contributed by atoms with Crippen LogP contribution >= 0.6 is 0 Å². The third kappa shape index (κ3) is 4.98. The molecule has 7 heteroatoms. The van der Waals surface area contributed by atoms with Crippen molar-refractivity contribution in [2.24, 2.45) is 5.10 Å². The van der Waals surface area contributed by atoms with Gasteiger partial charge in [0.2, 0.25) is 0 Å². The molecule has 1 amide bonds. The maximum absolute atomic E-state index is 13.2. The van der Waals surface area contributed by atoms with E-state index in [4.69, 9.17) is 0 Å². The first-order valence-electron chi connectivity index (χ1n) is 9.45. The number of amides is 1. The summed E-state index contributed by atoms with van der Waals surface area (Å²) in [4.78, 5) is 12.6. The van der Waals surface area contributed by atoms with Gasteiger partial charge in [-0.25, -0.2) is 13.8 Å². The lowest BCUT2D eigenvalue weighted by Crippen LogP contribution is -2.39. The van der Waals surface area contributed by atoms with Gasteiger partial charge in [0.25, 0.3) is 15.9 Å². The fourth-order valence-electron chi connectivity index (χ4n) is 3.13. The van der Waals surface area contributed by atoms with E-state index in [1.807, 2.05) is 6.92 Å². The summed E-state index contributed by atoms with van der Waals surface area (Å²) in [6.45, 7) is 1.56. The van der Waals surface area contributed by atoms with Crippen LogP contribution in [0.1, 0.15) is 37.7 Å². The van der Waals surface area contributed by atoms with Gasteiger partial charge in [-0.3, -0.25) is 9.10 Å². The van der Waals surface area contributed by atoms with Crippen LogP contribution in [0.15, 0.2) is 64.6 Å². The van der Waals surface area contributed by atoms with Crippen molar-refractivity contribution in [2.75, 3.05) is 10.8 Å². The van der Waals surface area contributed by atoms with E-state index < -0.39 is 15.9 Å². The van der Waals surface area contributed by atoms with Gasteiger partial charge in [-0.2, -0.15) is 5.10 Å². The second-order valence-electron chi connectivity index (χ2n) is 6.93. The molecular formula is C21H25N3O3S. The van der Waals surface area contributed by atoms with E-state index in [9.17, 15) is 13.2 Å². The summed E-state index contributed by atoms with van der Waals surface area (Å²) >= 11 is 0. The van der Waals surface area contributed by atoms with Crippen molar-refractivity contribution in [3.05, 3.63) is 60.2 Å². The molecular weight excluding hydrogens is 374 g/mol. The molecule has 1 aliphatic carbocycles. The lowest BCUT2D eigenvalue weighted by Gasteiger charge is -2.24. The first-order chi connectivity index (χ1) is 13.5. The number of aryl methyl sites for hydroxylation is 1. The first-order valence-corrected chi connectivity index (χ1v) is 10.9. The molecule has 1 fully saturated rings. The Balaban J connectivity index is 1.83. The predicted octanol–water partition coefficient (Wildman–Crippen LogP) is 3.63. The topological polar surface area (TPSA) is 78.8 Å². The highest BCUT2D eigenvalue weighted by Gasteiger charge is 2.27. The molecule has 1 aliphatic rings. The average molecular weight is 400 g/mol. The minimum atomic E-state index is -3.89. The number of hydrazone groups is 1. The van der Waals surface area contributed by atoms with Gasteiger partial charge in [0.05, 0.1) is 10.6 Å². The zero-order valence-corrected chi connectivity index (χ0v) is 16.8. The minimum Gasteiger partial charge on any atom is -0.271 e. The molecule has 1 N–H and O–H groups in total.